The standard InChI is InChI=1S/C13H20O4/c1-4-5-9(2)7-16-8-11-6-12(13(14)15)10(3)17-11/h6,9H,4-5,7-8H2,1-3H3,(H,14,15). The molecule has 1 N–H and O–H groups in total. The summed E-state index contributed by atoms with van der Waals surface area (Å²) < 4.78 is 10.8. The first-order valence-electron chi connectivity index (χ1n) is 5.95. The van der Waals surface area contributed by atoms with Crippen molar-refractivity contribution in [3.8, 4) is 0 Å². The number of ether oxygens (including phenoxy) is 1. The molecule has 4 heteroatoms. The first-order valence-corrected chi connectivity index (χ1v) is 5.95. The second-order valence-corrected chi connectivity index (χ2v) is 4.40. The summed E-state index contributed by atoms with van der Waals surface area (Å²) in [5.41, 5.74) is 0.213. The fourth-order valence-corrected chi connectivity index (χ4v) is 1.76. The smallest absolute Gasteiger partial charge is 0.339 e. The third-order valence-electron chi connectivity index (χ3n) is 2.63. The van der Waals surface area contributed by atoms with Gasteiger partial charge >= 0.3 is 5.97 Å². The van der Waals surface area contributed by atoms with Gasteiger partial charge in [-0.1, -0.05) is 20.3 Å². The van der Waals surface area contributed by atoms with Crippen LogP contribution in [0.25, 0.3) is 0 Å². The molecule has 0 saturated heterocycles. The average molecular weight is 240 g/mol. The maximum Gasteiger partial charge on any atom is 0.339 e. The Kier molecular flexibility index (Phi) is 5.22. The Balaban J connectivity index is 2.42. The van der Waals surface area contributed by atoms with Crippen molar-refractivity contribution in [1.82, 2.24) is 0 Å². The zero-order chi connectivity index (χ0) is 12.8. The third kappa shape index (κ3) is 4.23. The van der Waals surface area contributed by atoms with Crippen molar-refractivity contribution in [2.45, 2.75) is 40.2 Å². The Labute approximate surface area is 102 Å². The van der Waals surface area contributed by atoms with Crippen LogP contribution in [-0.2, 0) is 11.3 Å². The van der Waals surface area contributed by atoms with Crippen molar-refractivity contribution in [2.75, 3.05) is 6.61 Å². The molecule has 0 aliphatic heterocycles. The Morgan fingerprint density at radius 2 is 2.29 bits per heavy atom. The summed E-state index contributed by atoms with van der Waals surface area (Å²) in [7, 11) is 0. The largest absolute Gasteiger partial charge is 0.478 e. The van der Waals surface area contributed by atoms with Crippen LogP contribution in [0.15, 0.2) is 10.5 Å². The van der Waals surface area contributed by atoms with Gasteiger partial charge < -0.3 is 14.3 Å². The quantitative estimate of drug-likeness (QED) is 0.794. The third-order valence-corrected chi connectivity index (χ3v) is 2.63. The van der Waals surface area contributed by atoms with E-state index in [-0.39, 0.29) is 5.56 Å². The number of aromatic carboxylic acids is 1. The van der Waals surface area contributed by atoms with Crippen LogP contribution in [0.5, 0.6) is 0 Å². The first-order chi connectivity index (χ1) is 8.04. The average Bonchev–Trinajstić information content (AvgIpc) is 2.60. The van der Waals surface area contributed by atoms with Gasteiger partial charge in [0.05, 0.1) is 0 Å². The molecule has 0 fully saturated rings. The molecule has 96 valence electrons. The van der Waals surface area contributed by atoms with Crippen LogP contribution in [0.4, 0.5) is 0 Å². The van der Waals surface area contributed by atoms with Crippen LogP contribution in [0.2, 0.25) is 0 Å². The molecule has 1 rings (SSSR count). The molecule has 1 aromatic heterocycles. The van der Waals surface area contributed by atoms with Crippen LogP contribution in [0, 0.1) is 12.8 Å². The fraction of sp³-hybridized carbons (Fsp3) is 0.615. The number of rotatable bonds is 7. The van der Waals surface area contributed by atoms with E-state index in [1.165, 1.54) is 6.07 Å². The number of aryl methyl sites for hydroxylation is 1. The van der Waals surface area contributed by atoms with Gasteiger partial charge in [0.1, 0.15) is 23.7 Å². The minimum absolute atomic E-state index is 0.213. The molecule has 1 atom stereocenters. The van der Waals surface area contributed by atoms with Crippen molar-refractivity contribution in [3.63, 3.8) is 0 Å². The Morgan fingerprint density at radius 3 is 2.82 bits per heavy atom. The van der Waals surface area contributed by atoms with Crippen molar-refractivity contribution in [2.24, 2.45) is 5.92 Å². The molecule has 0 aliphatic carbocycles. The summed E-state index contributed by atoms with van der Waals surface area (Å²) in [5.74, 6) is 0.563. The lowest BCUT2D eigenvalue weighted by atomic mass is 10.1. The van der Waals surface area contributed by atoms with Gasteiger partial charge in [-0.15, -0.1) is 0 Å². The van der Waals surface area contributed by atoms with E-state index in [1.807, 2.05) is 0 Å². The predicted molar refractivity (Wildman–Crippen MR) is 64.1 cm³/mol. The molecule has 17 heavy (non-hydrogen) atoms. The van der Waals surface area contributed by atoms with Gasteiger partial charge in [0.15, 0.2) is 0 Å². The van der Waals surface area contributed by atoms with E-state index in [2.05, 4.69) is 13.8 Å². The highest BCUT2D eigenvalue weighted by Gasteiger charge is 2.13. The highest BCUT2D eigenvalue weighted by atomic mass is 16.5. The number of carbonyl (C=O) groups is 1. The van der Waals surface area contributed by atoms with E-state index in [1.54, 1.807) is 6.92 Å². The molecule has 0 saturated carbocycles. The summed E-state index contributed by atoms with van der Waals surface area (Å²) in [5, 5.41) is 8.86. The number of furan rings is 1. The molecule has 4 nitrogen and oxygen atoms in total. The van der Waals surface area contributed by atoms with Gasteiger partial charge in [-0.05, 0) is 25.3 Å². The highest BCUT2D eigenvalue weighted by Crippen LogP contribution is 2.16. The number of hydrogen-bond acceptors (Lipinski definition) is 3. The molecule has 0 aromatic carbocycles. The SMILES string of the molecule is CCCC(C)COCc1cc(C(=O)O)c(C)o1. The lowest BCUT2D eigenvalue weighted by Crippen LogP contribution is -2.05. The second kappa shape index (κ2) is 6.45. The molecule has 0 amide bonds. The molecule has 0 spiro atoms. The van der Waals surface area contributed by atoms with E-state index >= 15 is 0 Å². The van der Waals surface area contributed by atoms with Crippen molar-refractivity contribution in [1.29, 1.82) is 0 Å². The lowest BCUT2D eigenvalue weighted by molar-refractivity contribution is 0.0695. The topological polar surface area (TPSA) is 59.7 Å². The van der Waals surface area contributed by atoms with E-state index in [0.717, 1.165) is 12.8 Å². The second-order valence-electron chi connectivity index (χ2n) is 4.40. The van der Waals surface area contributed by atoms with Crippen LogP contribution >= 0.6 is 0 Å². The molecular formula is C13H20O4. The normalized spacial score (nSPS) is 12.6. The first kappa shape index (κ1) is 13.8. The van der Waals surface area contributed by atoms with Gasteiger partial charge in [-0.3, -0.25) is 0 Å². The van der Waals surface area contributed by atoms with Gasteiger partial charge in [-0.25, -0.2) is 4.79 Å². The van der Waals surface area contributed by atoms with Gasteiger partial charge in [-0.2, -0.15) is 0 Å². The van der Waals surface area contributed by atoms with E-state index in [9.17, 15) is 4.79 Å². The predicted octanol–water partition coefficient (Wildman–Crippen LogP) is 3.24. The van der Waals surface area contributed by atoms with Crippen molar-refractivity contribution in [3.05, 3.63) is 23.2 Å². The molecular weight excluding hydrogens is 220 g/mol. The molecule has 0 aliphatic rings. The minimum Gasteiger partial charge on any atom is -0.478 e. The highest BCUT2D eigenvalue weighted by molar-refractivity contribution is 5.88. The fourth-order valence-electron chi connectivity index (χ4n) is 1.76. The Hall–Kier alpha value is -1.29. The van der Waals surface area contributed by atoms with Gasteiger partial charge in [0, 0.05) is 6.61 Å². The summed E-state index contributed by atoms with van der Waals surface area (Å²) in [4.78, 5) is 10.8. The van der Waals surface area contributed by atoms with Gasteiger partial charge in [0.2, 0.25) is 0 Å². The monoisotopic (exact) mass is 240 g/mol. The summed E-state index contributed by atoms with van der Waals surface area (Å²) >= 11 is 0. The lowest BCUT2D eigenvalue weighted by Gasteiger charge is -2.09. The number of hydrogen-bond donors (Lipinski definition) is 1. The molecule has 1 unspecified atom stereocenters. The summed E-state index contributed by atoms with van der Waals surface area (Å²) in [6, 6.07) is 1.53. The maximum absolute atomic E-state index is 10.8. The van der Waals surface area contributed by atoms with E-state index in [0.29, 0.717) is 30.7 Å². The zero-order valence-electron chi connectivity index (χ0n) is 10.7. The van der Waals surface area contributed by atoms with E-state index in [4.69, 9.17) is 14.3 Å². The Bertz CT molecular complexity index is 367. The number of carboxylic acids is 1. The Morgan fingerprint density at radius 1 is 1.59 bits per heavy atom. The van der Waals surface area contributed by atoms with Crippen LogP contribution < -0.4 is 0 Å². The van der Waals surface area contributed by atoms with Crippen LogP contribution in [0.1, 0.15) is 48.6 Å². The molecule has 1 aromatic rings. The summed E-state index contributed by atoms with van der Waals surface area (Å²) in [6.45, 7) is 6.94. The minimum atomic E-state index is -0.961. The maximum atomic E-state index is 10.8. The van der Waals surface area contributed by atoms with Crippen LogP contribution in [-0.4, -0.2) is 17.7 Å². The van der Waals surface area contributed by atoms with Gasteiger partial charge in [0.25, 0.3) is 0 Å². The number of carboxylic acid groups (broad SMARTS) is 1. The van der Waals surface area contributed by atoms with Crippen molar-refractivity contribution >= 4 is 5.97 Å². The molecule has 0 bridgehead atoms. The van der Waals surface area contributed by atoms with Crippen molar-refractivity contribution < 1.29 is 19.1 Å². The molecule has 0 radical (unpaired) electrons. The van der Waals surface area contributed by atoms with Crippen LogP contribution in [0.3, 0.4) is 0 Å². The van der Waals surface area contributed by atoms with E-state index < -0.39 is 5.97 Å². The summed E-state index contributed by atoms with van der Waals surface area (Å²) in [6.07, 6.45) is 2.28. The zero-order valence-corrected chi connectivity index (χ0v) is 10.7. The molecule has 1 heterocycles.